The van der Waals surface area contributed by atoms with Gasteiger partial charge >= 0.3 is 0 Å². The van der Waals surface area contributed by atoms with E-state index in [0.29, 0.717) is 10.3 Å². The average Bonchev–Trinajstić information content (AvgIpc) is 2.84. The summed E-state index contributed by atoms with van der Waals surface area (Å²) in [7, 11) is 3.39. The van der Waals surface area contributed by atoms with E-state index in [2.05, 4.69) is 26.2 Å². The zero-order valence-electron chi connectivity index (χ0n) is 11.6. The maximum atomic E-state index is 10.7. The van der Waals surface area contributed by atoms with Crippen LogP contribution in [-0.4, -0.2) is 27.2 Å². The van der Waals surface area contributed by atoms with E-state index in [1.165, 1.54) is 0 Å². The third kappa shape index (κ3) is 2.30. The second-order valence-electron chi connectivity index (χ2n) is 4.69. The van der Waals surface area contributed by atoms with Gasteiger partial charge in [-0.3, -0.25) is 0 Å². The molecule has 1 N–H and O–H groups in total. The van der Waals surface area contributed by atoms with Gasteiger partial charge in [0.15, 0.2) is 4.60 Å². The largest absolute Gasteiger partial charge is 0.496 e. The Bertz CT molecular complexity index is 781. The van der Waals surface area contributed by atoms with Crippen LogP contribution in [0, 0.1) is 0 Å². The Morgan fingerprint density at radius 2 is 1.90 bits per heavy atom. The molecule has 3 rings (SSSR count). The highest BCUT2D eigenvalue weighted by Gasteiger charge is 2.22. The van der Waals surface area contributed by atoms with Crippen LogP contribution in [0.1, 0.15) is 17.4 Å². The number of hydrogen-bond donors (Lipinski definition) is 1. The number of methoxy groups -OCH3 is 1. The first-order valence-corrected chi connectivity index (χ1v) is 7.21. The summed E-state index contributed by atoms with van der Waals surface area (Å²) in [5.41, 5.74) is 1.41. The van der Waals surface area contributed by atoms with Gasteiger partial charge in [0.05, 0.1) is 7.11 Å². The van der Waals surface area contributed by atoms with Gasteiger partial charge in [-0.05, 0) is 32.9 Å². The van der Waals surface area contributed by atoms with Crippen molar-refractivity contribution in [1.29, 1.82) is 0 Å². The Kier molecular flexibility index (Phi) is 3.65. The third-order valence-electron chi connectivity index (χ3n) is 3.52. The topological polar surface area (TPSA) is 60.2 Å². The van der Waals surface area contributed by atoms with E-state index in [4.69, 9.17) is 4.74 Å². The number of aryl methyl sites for hydroxylation is 1. The normalized spacial score (nSPS) is 12.6. The van der Waals surface area contributed by atoms with Gasteiger partial charge in [-0.25, -0.2) is 4.68 Å². The molecule has 0 aliphatic heterocycles. The number of halogens is 1. The smallest absolute Gasteiger partial charge is 0.154 e. The molecule has 0 aliphatic carbocycles. The maximum absolute atomic E-state index is 10.7. The number of hydrogen-bond acceptors (Lipinski definition) is 4. The molecule has 2 aromatic carbocycles. The number of aliphatic hydroxyl groups is 1. The SMILES string of the molecule is COc1ccc(C(O)c2c(Br)nnn2C)c2ccccc12. The minimum Gasteiger partial charge on any atom is -0.496 e. The first kappa shape index (κ1) is 14.0. The van der Waals surface area contributed by atoms with Crippen molar-refractivity contribution in [3.63, 3.8) is 0 Å². The number of ether oxygens (including phenoxy) is 1. The monoisotopic (exact) mass is 347 g/mol. The second kappa shape index (κ2) is 5.46. The Morgan fingerprint density at radius 3 is 2.52 bits per heavy atom. The highest BCUT2D eigenvalue weighted by molar-refractivity contribution is 9.10. The zero-order chi connectivity index (χ0) is 15.0. The lowest BCUT2D eigenvalue weighted by molar-refractivity contribution is 0.210. The van der Waals surface area contributed by atoms with E-state index in [0.717, 1.165) is 22.1 Å². The van der Waals surface area contributed by atoms with Crippen LogP contribution >= 0.6 is 15.9 Å². The molecule has 0 radical (unpaired) electrons. The van der Waals surface area contributed by atoms with Crippen molar-refractivity contribution in [3.05, 3.63) is 52.3 Å². The Labute approximate surface area is 130 Å². The lowest BCUT2D eigenvalue weighted by atomic mass is 9.98. The van der Waals surface area contributed by atoms with Crippen molar-refractivity contribution >= 4 is 26.7 Å². The molecular formula is C15H14BrN3O2. The van der Waals surface area contributed by atoms with Crippen LogP contribution in [-0.2, 0) is 7.05 Å². The summed E-state index contributed by atoms with van der Waals surface area (Å²) in [4.78, 5) is 0. The summed E-state index contributed by atoms with van der Waals surface area (Å²) in [6.45, 7) is 0. The van der Waals surface area contributed by atoms with Gasteiger partial charge in [0.2, 0.25) is 0 Å². The van der Waals surface area contributed by atoms with Crippen molar-refractivity contribution in [1.82, 2.24) is 15.0 Å². The molecule has 1 unspecified atom stereocenters. The van der Waals surface area contributed by atoms with Crippen molar-refractivity contribution in [3.8, 4) is 5.75 Å². The molecule has 108 valence electrons. The number of aromatic nitrogens is 3. The second-order valence-corrected chi connectivity index (χ2v) is 5.45. The quantitative estimate of drug-likeness (QED) is 0.791. The van der Waals surface area contributed by atoms with Gasteiger partial charge in [-0.15, -0.1) is 5.10 Å². The molecule has 3 aromatic rings. The molecule has 0 fully saturated rings. The summed E-state index contributed by atoms with van der Waals surface area (Å²) in [6.07, 6.45) is -0.824. The molecule has 0 spiro atoms. The molecule has 0 saturated heterocycles. The molecule has 1 aromatic heterocycles. The first-order valence-electron chi connectivity index (χ1n) is 6.42. The molecule has 0 saturated carbocycles. The summed E-state index contributed by atoms with van der Waals surface area (Å²) < 4.78 is 7.48. The summed E-state index contributed by atoms with van der Waals surface area (Å²) in [5, 5.41) is 20.5. The van der Waals surface area contributed by atoms with E-state index < -0.39 is 6.10 Å². The van der Waals surface area contributed by atoms with Crippen LogP contribution in [0.25, 0.3) is 10.8 Å². The maximum Gasteiger partial charge on any atom is 0.154 e. The van der Waals surface area contributed by atoms with Crippen LogP contribution in [0.4, 0.5) is 0 Å². The van der Waals surface area contributed by atoms with Crippen LogP contribution in [0.3, 0.4) is 0 Å². The predicted molar refractivity (Wildman–Crippen MR) is 83.3 cm³/mol. The van der Waals surface area contributed by atoms with Gasteiger partial charge in [0.1, 0.15) is 17.5 Å². The van der Waals surface area contributed by atoms with E-state index >= 15 is 0 Å². The third-order valence-corrected chi connectivity index (χ3v) is 4.08. The molecule has 6 heteroatoms. The summed E-state index contributed by atoms with van der Waals surface area (Å²) in [6, 6.07) is 11.6. The van der Waals surface area contributed by atoms with Gasteiger partial charge in [-0.2, -0.15) is 0 Å². The number of benzene rings is 2. The van der Waals surface area contributed by atoms with E-state index in [1.54, 1.807) is 18.8 Å². The Morgan fingerprint density at radius 1 is 1.19 bits per heavy atom. The van der Waals surface area contributed by atoms with Gasteiger partial charge in [0, 0.05) is 12.4 Å². The van der Waals surface area contributed by atoms with E-state index in [1.807, 2.05) is 36.4 Å². The first-order chi connectivity index (χ1) is 10.1. The number of rotatable bonds is 3. The van der Waals surface area contributed by atoms with Crippen molar-refractivity contribution < 1.29 is 9.84 Å². The highest BCUT2D eigenvalue weighted by atomic mass is 79.9. The molecular weight excluding hydrogens is 334 g/mol. The van der Waals surface area contributed by atoms with Crippen molar-refractivity contribution in [2.24, 2.45) is 7.05 Å². The highest BCUT2D eigenvalue weighted by Crippen LogP contribution is 2.35. The zero-order valence-corrected chi connectivity index (χ0v) is 13.2. The van der Waals surface area contributed by atoms with Crippen LogP contribution in [0.5, 0.6) is 5.75 Å². The van der Waals surface area contributed by atoms with Crippen LogP contribution in [0.15, 0.2) is 41.0 Å². The molecule has 0 aliphatic rings. The van der Waals surface area contributed by atoms with Crippen LogP contribution < -0.4 is 4.74 Å². The van der Waals surface area contributed by atoms with Gasteiger partial charge in [-0.1, -0.05) is 35.5 Å². The number of aliphatic hydroxyl groups excluding tert-OH is 1. The molecule has 1 heterocycles. The van der Waals surface area contributed by atoms with Gasteiger partial charge in [0.25, 0.3) is 0 Å². The van der Waals surface area contributed by atoms with E-state index in [-0.39, 0.29) is 0 Å². The minimum atomic E-state index is -0.824. The average molecular weight is 348 g/mol. The fraction of sp³-hybridized carbons (Fsp3) is 0.200. The Balaban J connectivity index is 2.22. The molecule has 0 amide bonds. The summed E-state index contributed by atoms with van der Waals surface area (Å²) in [5.74, 6) is 0.781. The van der Waals surface area contributed by atoms with Gasteiger partial charge < -0.3 is 9.84 Å². The van der Waals surface area contributed by atoms with Crippen molar-refractivity contribution in [2.45, 2.75) is 6.10 Å². The lowest BCUT2D eigenvalue weighted by Crippen LogP contribution is -2.08. The number of fused-ring (bicyclic) bond motifs is 1. The van der Waals surface area contributed by atoms with Crippen molar-refractivity contribution in [2.75, 3.05) is 7.11 Å². The number of nitrogens with zero attached hydrogens (tertiary/aromatic N) is 3. The molecule has 5 nitrogen and oxygen atoms in total. The Hall–Kier alpha value is -1.92. The molecule has 21 heavy (non-hydrogen) atoms. The van der Waals surface area contributed by atoms with E-state index in [9.17, 15) is 5.11 Å². The fourth-order valence-electron chi connectivity index (χ4n) is 2.49. The minimum absolute atomic E-state index is 0.539. The standard InChI is InChI=1S/C15H14BrN3O2/c1-19-13(15(16)17-18-19)14(20)11-7-8-12(21-2)10-6-4-3-5-9(10)11/h3-8,14,20H,1-2H3. The lowest BCUT2D eigenvalue weighted by Gasteiger charge is -2.15. The summed E-state index contributed by atoms with van der Waals surface area (Å²) >= 11 is 3.33. The van der Waals surface area contributed by atoms with Crippen LogP contribution in [0.2, 0.25) is 0 Å². The predicted octanol–water partition coefficient (Wildman–Crippen LogP) is 2.82. The fourth-order valence-corrected chi connectivity index (χ4v) is 3.03. The molecule has 1 atom stereocenters. The molecule has 0 bridgehead atoms.